The highest BCUT2D eigenvalue weighted by Gasteiger charge is 2.32. The highest BCUT2D eigenvalue weighted by molar-refractivity contribution is 6.00. The molecule has 0 saturated carbocycles. The van der Waals surface area contributed by atoms with E-state index in [0.717, 1.165) is 5.56 Å². The van der Waals surface area contributed by atoms with Crippen molar-refractivity contribution in [2.45, 2.75) is 39.8 Å². The summed E-state index contributed by atoms with van der Waals surface area (Å²) in [6.07, 6.45) is -1.27. The van der Waals surface area contributed by atoms with Gasteiger partial charge in [0.15, 0.2) is 5.78 Å². The molecule has 0 heterocycles. The topological polar surface area (TPSA) is 102 Å². The highest BCUT2D eigenvalue weighted by atomic mass is 16.5. The molecule has 0 aliphatic heterocycles. The number of aryl methyl sites for hydroxylation is 1. The van der Waals surface area contributed by atoms with Gasteiger partial charge in [-0.15, -0.1) is 0 Å². The Morgan fingerprint density at radius 1 is 0.806 bits per heavy atom. The summed E-state index contributed by atoms with van der Waals surface area (Å²) in [4.78, 5) is 51.0. The van der Waals surface area contributed by atoms with Crippen molar-refractivity contribution in [1.29, 1.82) is 0 Å². The summed E-state index contributed by atoms with van der Waals surface area (Å²) in [6.45, 7) is 6.88. The molecule has 0 bridgehead atoms. The van der Waals surface area contributed by atoms with E-state index in [1.165, 1.54) is 6.92 Å². The van der Waals surface area contributed by atoms with Gasteiger partial charge in [0, 0.05) is 22.4 Å². The molecule has 0 aromatic heterocycles. The monoisotopic (exact) mass is 486 g/mol. The molecule has 7 nitrogen and oxygen atoms in total. The van der Waals surface area contributed by atoms with Crippen molar-refractivity contribution in [3.8, 4) is 0 Å². The summed E-state index contributed by atoms with van der Waals surface area (Å²) < 4.78 is 5.70. The molecule has 0 spiro atoms. The molecule has 3 aromatic carbocycles. The summed E-state index contributed by atoms with van der Waals surface area (Å²) in [5.41, 5.74) is 2.66. The van der Waals surface area contributed by atoms with Gasteiger partial charge >= 0.3 is 5.97 Å². The van der Waals surface area contributed by atoms with Crippen molar-refractivity contribution in [2.75, 3.05) is 5.32 Å². The van der Waals surface area contributed by atoms with E-state index >= 15 is 0 Å². The van der Waals surface area contributed by atoms with Crippen LogP contribution in [0.15, 0.2) is 78.9 Å². The summed E-state index contributed by atoms with van der Waals surface area (Å²) in [6, 6.07) is 21.2. The quantitative estimate of drug-likeness (QED) is 0.332. The van der Waals surface area contributed by atoms with E-state index in [1.54, 1.807) is 86.6 Å². The van der Waals surface area contributed by atoms with Crippen LogP contribution in [0.4, 0.5) is 5.69 Å². The third-order valence-electron chi connectivity index (χ3n) is 5.60. The van der Waals surface area contributed by atoms with E-state index in [0.29, 0.717) is 22.4 Å². The fraction of sp³-hybridized carbons (Fsp3) is 0.241. The number of ketones is 1. The number of anilines is 1. The zero-order valence-corrected chi connectivity index (χ0v) is 20.8. The van der Waals surface area contributed by atoms with Crippen molar-refractivity contribution >= 4 is 29.3 Å². The minimum atomic E-state index is -1.27. The minimum Gasteiger partial charge on any atom is -0.446 e. The van der Waals surface area contributed by atoms with E-state index < -0.39 is 29.9 Å². The van der Waals surface area contributed by atoms with Gasteiger partial charge in [0.05, 0.1) is 0 Å². The van der Waals surface area contributed by atoms with Crippen LogP contribution >= 0.6 is 0 Å². The Morgan fingerprint density at radius 2 is 1.47 bits per heavy atom. The smallest absolute Gasteiger partial charge is 0.330 e. The van der Waals surface area contributed by atoms with E-state index in [4.69, 9.17) is 4.74 Å². The molecule has 0 aliphatic rings. The maximum Gasteiger partial charge on any atom is 0.330 e. The summed E-state index contributed by atoms with van der Waals surface area (Å²) in [7, 11) is 0. The summed E-state index contributed by atoms with van der Waals surface area (Å²) in [5.74, 6) is -2.15. The first-order valence-corrected chi connectivity index (χ1v) is 11.7. The Balaban J connectivity index is 1.82. The van der Waals surface area contributed by atoms with Gasteiger partial charge < -0.3 is 15.4 Å². The average Bonchev–Trinajstić information content (AvgIpc) is 2.85. The number of hydrogen-bond acceptors (Lipinski definition) is 5. The van der Waals surface area contributed by atoms with Crippen LogP contribution in [0.25, 0.3) is 0 Å². The molecule has 2 N–H and O–H groups in total. The van der Waals surface area contributed by atoms with Crippen molar-refractivity contribution < 1.29 is 23.9 Å². The standard InChI is InChI=1S/C29H30N2O5/c1-18(2)25(31-27(33)23-14-8-10-19(3)16-23)29(35)36-26(21-11-6-5-7-12-21)28(34)30-24-15-9-13-22(17-24)20(4)32/h5-18,25-26H,1-4H3,(H,30,34)(H,31,33)/t25-,26?/m0/s1. The Labute approximate surface area is 210 Å². The van der Waals surface area contributed by atoms with Crippen molar-refractivity contribution in [2.24, 2.45) is 5.92 Å². The van der Waals surface area contributed by atoms with E-state index in [2.05, 4.69) is 10.6 Å². The van der Waals surface area contributed by atoms with Crippen LogP contribution in [-0.4, -0.2) is 29.6 Å². The van der Waals surface area contributed by atoms with Crippen LogP contribution in [0.3, 0.4) is 0 Å². The van der Waals surface area contributed by atoms with Crippen LogP contribution in [0.2, 0.25) is 0 Å². The number of carbonyl (C=O) groups is 4. The third-order valence-corrected chi connectivity index (χ3v) is 5.60. The Kier molecular flexibility index (Phi) is 8.73. The SMILES string of the molecule is CC(=O)c1cccc(NC(=O)C(OC(=O)[C@@H](NC(=O)c2cccc(C)c2)C(C)C)c2ccccc2)c1. The molecule has 36 heavy (non-hydrogen) atoms. The molecule has 0 radical (unpaired) electrons. The number of Topliss-reactive ketones (excluding diaryl/α,β-unsaturated/α-hetero) is 1. The van der Waals surface area contributed by atoms with Gasteiger partial charge in [0.1, 0.15) is 6.04 Å². The highest BCUT2D eigenvalue weighted by Crippen LogP contribution is 2.22. The maximum atomic E-state index is 13.2. The largest absolute Gasteiger partial charge is 0.446 e. The van der Waals surface area contributed by atoms with Gasteiger partial charge in [-0.1, -0.05) is 74.0 Å². The fourth-order valence-electron chi connectivity index (χ4n) is 3.62. The molecular formula is C29H30N2O5. The number of esters is 1. The summed E-state index contributed by atoms with van der Waals surface area (Å²) >= 11 is 0. The minimum absolute atomic E-state index is 0.138. The van der Waals surface area contributed by atoms with Gasteiger partial charge in [0.2, 0.25) is 6.10 Å². The second-order valence-corrected chi connectivity index (χ2v) is 8.92. The van der Waals surface area contributed by atoms with Crippen LogP contribution in [-0.2, 0) is 14.3 Å². The van der Waals surface area contributed by atoms with Gasteiger partial charge in [-0.05, 0) is 44.0 Å². The molecule has 0 aliphatic carbocycles. The first-order valence-electron chi connectivity index (χ1n) is 11.7. The number of carbonyl (C=O) groups excluding carboxylic acids is 4. The van der Waals surface area contributed by atoms with Gasteiger partial charge in [-0.25, -0.2) is 4.79 Å². The van der Waals surface area contributed by atoms with Gasteiger partial charge in [0.25, 0.3) is 11.8 Å². The average molecular weight is 487 g/mol. The molecule has 0 fully saturated rings. The van der Waals surface area contributed by atoms with Crippen LogP contribution < -0.4 is 10.6 Å². The van der Waals surface area contributed by atoms with E-state index in [1.807, 2.05) is 13.0 Å². The first kappa shape index (κ1) is 26.3. The molecule has 2 atom stereocenters. The predicted molar refractivity (Wildman–Crippen MR) is 138 cm³/mol. The number of nitrogens with one attached hydrogen (secondary N) is 2. The second-order valence-electron chi connectivity index (χ2n) is 8.92. The van der Waals surface area contributed by atoms with Crippen molar-refractivity contribution in [3.05, 3.63) is 101 Å². The Bertz CT molecular complexity index is 1250. The lowest BCUT2D eigenvalue weighted by molar-refractivity contribution is -0.157. The number of amides is 2. The fourth-order valence-corrected chi connectivity index (χ4v) is 3.62. The van der Waals surface area contributed by atoms with Crippen LogP contribution in [0.5, 0.6) is 0 Å². The summed E-state index contributed by atoms with van der Waals surface area (Å²) in [5, 5.41) is 5.47. The van der Waals surface area contributed by atoms with Gasteiger partial charge in [-0.2, -0.15) is 0 Å². The lowest BCUT2D eigenvalue weighted by Gasteiger charge is -2.24. The lowest BCUT2D eigenvalue weighted by Crippen LogP contribution is -2.46. The Morgan fingerprint density at radius 3 is 2.11 bits per heavy atom. The van der Waals surface area contributed by atoms with Crippen molar-refractivity contribution in [3.63, 3.8) is 0 Å². The van der Waals surface area contributed by atoms with Crippen LogP contribution in [0.1, 0.15) is 58.7 Å². The molecule has 0 saturated heterocycles. The van der Waals surface area contributed by atoms with Gasteiger partial charge in [-0.3, -0.25) is 14.4 Å². The number of hydrogen-bond donors (Lipinski definition) is 2. The second kappa shape index (κ2) is 11.9. The normalized spacial score (nSPS) is 12.4. The third kappa shape index (κ3) is 6.88. The maximum absolute atomic E-state index is 13.2. The van der Waals surface area contributed by atoms with Crippen LogP contribution in [0, 0.1) is 12.8 Å². The molecule has 3 aromatic rings. The number of benzene rings is 3. The zero-order chi connectivity index (χ0) is 26.2. The van der Waals surface area contributed by atoms with Crippen molar-refractivity contribution in [1.82, 2.24) is 5.32 Å². The Hall–Kier alpha value is -4.26. The molecule has 186 valence electrons. The number of rotatable bonds is 9. The molecule has 2 amide bonds. The molecule has 3 rings (SSSR count). The number of ether oxygens (including phenoxy) is 1. The van der Waals surface area contributed by atoms with E-state index in [9.17, 15) is 19.2 Å². The molecular weight excluding hydrogens is 456 g/mol. The first-order chi connectivity index (χ1) is 17.2. The molecule has 1 unspecified atom stereocenters. The predicted octanol–water partition coefficient (Wildman–Crippen LogP) is 4.88. The lowest BCUT2D eigenvalue weighted by atomic mass is 10.0. The zero-order valence-electron chi connectivity index (χ0n) is 20.8. The van der Waals surface area contributed by atoms with E-state index in [-0.39, 0.29) is 11.7 Å². The molecule has 7 heteroatoms.